The molecule has 15 heteroatoms. The molecule has 15 nitrogen and oxygen atoms in total. The summed E-state index contributed by atoms with van der Waals surface area (Å²) in [5.41, 5.74) is 28.7. The Morgan fingerprint density at radius 1 is 0.709 bits per heavy atom. The summed E-state index contributed by atoms with van der Waals surface area (Å²) in [7, 11) is 0. The van der Waals surface area contributed by atoms with Gasteiger partial charge in [-0.1, -0.05) is 68.3 Å². The lowest BCUT2D eigenvalue weighted by Crippen LogP contribution is -2.59. The Balaban J connectivity index is 1.70. The number of carbonyl (C=O) groups excluding carboxylic acids is 5. The van der Waals surface area contributed by atoms with Crippen LogP contribution in [0.5, 0.6) is 0 Å². The minimum atomic E-state index is -1.17. The van der Waals surface area contributed by atoms with Crippen LogP contribution in [0.2, 0.25) is 0 Å². The quantitative estimate of drug-likeness (QED) is 0.0267. The number of hydrogen-bond donors (Lipinski definition) is 8. The minimum absolute atomic E-state index is 0.0633. The summed E-state index contributed by atoms with van der Waals surface area (Å²) >= 11 is 0. The number of primary amides is 1. The topological polar surface area (TPSA) is 267 Å². The van der Waals surface area contributed by atoms with Gasteiger partial charge in [-0.3, -0.25) is 33.9 Å². The van der Waals surface area contributed by atoms with E-state index in [2.05, 4.69) is 20.9 Å². The highest BCUT2D eigenvalue weighted by Crippen LogP contribution is 2.39. The van der Waals surface area contributed by atoms with E-state index in [0.717, 1.165) is 38.7 Å². The van der Waals surface area contributed by atoms with Gasteiger partial charge in [0.2, 0.25) is 29.5 Å². The Labute approximate surface area is 321 Å². The van der Waals surface area contributed by atoms with Gasteiger partial charge >= 0.3 is 0 Å². The molecule has 4 rings (SSSR count). The van der Waals surface area contributed by atoms with E-state index in [-0.39, 0.29) is 18.8 Å². The smallest absolute Gasteiger partial charge is 0.250 e. The van der Waals surface area contributed by atoms with Crippen LogP contribution in [0.25, 0.3) is 32.3 Å². The molecule has 4 aromatic carbocycles. The van der Waals surface area contributed by atoms with E-state index in [4.69, 9.17) is 28.7 Å². The Hall–Kier alpha value is -5.54. The lowest BCUT2D eigenvalue weighted by Gasteiger charge is -2.33. The molecule has 0 saturated carbocycles. The SMILES string of the molecule is CCCC[C@H](NC(=O)[C@H](CCCCN)NC(=O)[C@H](C)N(C(=O)[C@H](C)NC(=O)[C@@H](N)CCCN=C(N)N)c1ccc2ccc3cccc4ccc1c2c34)C(N)=O. The highest BCUT2D eigenvalue weighted by molar-refractivity contribution is 6.26. The average molecular weight is 757 g/mol. The summed E-state index contributed by atoms with van der Waals surface area (Å²) in [5, 5.41) is 13.9. The van der Waals surface area contributed by atoms with Crippen LogP contribution < -0.4 is 49.5 Å². The largest absolute Gasteiger partial charge is 0.370 e. The molecule has 0 aliphatic carbocycles. The molecule has 13 N–H and O–H groups in total. The average Bonchev–Trinajstić information content (AvgIpc) is 3.16. The summed E-state index contributed by atoms with van der Waals surface area (Å²) in [4.78, 5) is 73.1. The molecule has 0 aromatic heterocycles. The third-order valence-corrected chi connectivity index (χ3v) is 9.89. The molecule has 55 heavy (non-hydrogen) atoms. The van der Waals surface area contributed by atoms with Gasteiger partial charge in [0, 0.05) is 11.9 Å². The predicted molar refractivity (Wildman–Crippen MR) is 218 cm³/mol. The van der Waals surface area contributed by atoms with Gasteiger partial charge < -0.3 is 44.6 Å². The van der Waals surface area contributed by atoms with Crippen molar-refractivity contribution in [2.24, 2.45) is 33.7 Å². The molecular formula is C40H56N10O5. The van der Waals surface area contributed by atoms with Crippen molar-refractivity contribution in [3.8, 4) is 0 Å². The molecule has 5 amide bonds. The first-order valence-corrected chi connectivity index (χ1v) is 19.0. The first kappa shape index (κ1) is 42.2. The van der Waals surface area contributed by atoms with Crippen LogP contribution in [0.15, 0.2) is 59.6 Å². The Morgan fingerprint density at radius 2 is 1.33 bits per heavy atom. The highest BCUT2D eigenvalue weighted by atomic mass is 16.2. The van der Waals surface area contributed by atoms with E-state index in [1.165, 1.54) is 11.8 Å². The Kier molecular flexibility index (Phi) is 15.1. The van der Waals surface area contributed by atoms with Gasteiger partial charge in [-0.2, -0.15) is 0 Å². The molecule has 4 aromatic rings. The number of amides is 5. The maximum atomic E-state index is 14.6. The molecule has 0 saturated heterocycles. The second-order valence-electron chi connectivity index (χ2n) is 14.1. The monoisotopic (exact) mass is 756 g/mol. The van der Waals surface area contributed by atoms with Gasteiger partial charge in [0.1, 0.15) is 24.2 Å². The fraction of sp³-hybridized carbons (Fsp3) is 0.450. The van der Waals surface area contributed by atoms with E-state index >= 15 is 0 Å². The molecule has 0 radical (unpaired) electrons. The number of aliphatic imine (C=N–C) groups is 1. The van der Waals surface area contributed by atoms with Crippen molar-refractivity contribution in [2.45, 2.75) is 102 Å². The number of guanidine groups is 1. The summed E-state index contributed by atoms with van der Waals surface area (Å²) in [6.07, 6.45) is 3.90. The fourth-order valence-corrected chi connectivity index (χ4v) is 6.83. The maximum absolute atomic E-state index is 14.6. The first-order chi connectivity index (χ1) is 26.3. The number of nitrogens with one attached hydrogen (secondary N) is 3. The second kappa shape index (κ2) is 19.7. The molecule has 0 aliphatic rings. The molecule has 0 spiro atoms. The van der Waals surface area contributed by atoms with Crippen LogP contribution >= 0.6 is 0 Å². The molecule has 0 fully saturated rings. The minimum Gasteiger partial charge on any atom is -0.370 e. The number of benzene rings is 4. The summed E-state index contributed by atoms with van der Waals surface area (Å²) in [6.45, 7) is 5.74. The van der Waals surface area contributed by atoms with Crippen molar-refractivity contribution < 1.29 is 24.0 Å². The number of carbonyl (C=O) groups is 5. The fourth-order valence-electron chi connectivity index (χ4n) is 6.83. The Bertz CT molecular complexity index is 1980. The van der Waals surface area contributed by atoms with Crippen molar-refractivity contribution >= 4 is 73.5 Å². The third kappa shape index (κ3) is 10.6. The van der Waals surface area contributed by atoms with E-state index in [1.54, 1.807) is 13.0 Å². The number of nitrogens with zero attached hydrogens (tertiary/aromatic N) is 2. The first-order valence-electron chi connectivity index (χ1n) is 19.0. The zero-order valence-electron chi connectivity index (χ0n) is 32.0. The van der Waals surface area contributed by atoms with Crippen LogP contribution in [0.4, 0.5) is 5.69 Å². The predicted octanol–water partition coefficient (Wildman–Crippen LogP) is 1.97. The summed E-state index contributed by atoms with van der Waals surface area (Å²) in [6, 6.07) is 12.5. The molecule has 0 bridgehead atoms. The number of anilines is 1. The molecule has 0 heterocycles. The molecule has 296 valence electrons. The van der Waals surface area contributed by atoms with Crippen molar-refractivity contribution in [1.82, 2.24) is 16.0 Å². The third-order valence-electron chi connectivity index (χ3n) is 9.89. The van der Waals surface area contributed by atoms with Crippen LogP contribution in [-0.4, -0.2) is 78.8 Å². The Morgan fingerprint density at radius 3 is 1.96 bits per heavy atom. The number of nitrogens with two attached hydrogens (primary N) is 5. The van der Waals surface area contributed by atoms with E-state index in [0.29, 0.717) is 50.9 Å². The number of hydrogen-bond acceptors (Lipinski definition) is 8. The number of rotatable bonds is 21. The van der Waals surface area contributed by atoms with Crippen molar-refractivity contribution in [3.05, 3.63) is 54.6 Å². The van der Waals surface area contributed by atoms with Crippen LogP contribution in [0.3, 0.4) is 0 Å². The lowest BCUT2D eigenvalue weighted by molar-refractivity contribution is -0.133. The van der Waals surface area contributed by atoms with Gasteiger partial charge in [-0.15, -0.1) is 0 Å². The van der Waals surface area contributed by atoms with Crippen molar-refractivity contribution in [2.75, 3.05) is 18.0 Å². The zero-order valence-corrected chi connectivity index (χ0v) is 32.0. The normalized spacial score (nSPS) is 14.1. The molecular weight excluding hydrogens is 701 g/mol. The zero-order chi connectivity index (χ0) is 40.2. The van der Waals surface area contributed by atoms with Gasteiger partial charge in [0.05, 0.1) is 11.7 Å². The maximum Gasteiger partial charge on any atom is 0.250 e. The van der Waals surface area contributed by atoms with Crippen molar-refractivity contribution in [3.63, 3.8) is 0 Å². The second-order valence-corrected chi connectivity index (χ2v) is 14.1. The van der Waals surface area contributed by atoms with Gasteiger partial charge in [0.15, 0.2) is 5.96 Å². The summed E-state index contributed by atoms with van der Waals surface area (Å²) < 4.78 is 0. The molecule has 5 atom stereocenters. The van der Waals surface area contributed by atoms with E-state index < -0.39 is 59.7 Å². The van der Waals surface area contributed by atoms with Crippen LogP contribution in [-0.2, 0) is 24.0 Å². The highest BCUT2D eigenvalue weighted by Gasteiger charge is 2.35. The van der Waals surface area contributed by atoms with E-state index in [9.17, 15) is 24.0 Å². The van der Waals surface area contributed by atoms with Gasteiger partial charge in [0.25, 0.3) is 0 Å². The molecule has 0 aliphatic heterocycles. The molecule has 0 unspecified atom stereocenters. The van der Waals surface area contributed by atoms with Gasteiger partial charge in [-0.05, 0) is 91.9 Å². The lowest BCUT2D eigenvalue weighted by atomic mass is 9.93. The van der Waals surface area contributed by atoms with Crippen LogP contribution in [0.1, 0.15) is 72.1 Å². The summed E-state index contributed by atoms with van der Waals surface area (Å²) in [5.74, 6) is -3.04. The van der Waals surface area contributed by atoms with Crippen molar-refractivity contribution in [1.29, 1.82) is 0 Å². The number of unbranched alkanes of at least 4 members (excludes halogenated alkanes) is 2. The van der Waals surface area contributed by atoms with Crippen LogP contribution in [0, 0.1) is 0 Å². The van der Waals surface area contributed by atoms with Gasteiger partial charge in [-0.25, -0.2) is 0 Å². The standard InChI is InChI=1S/C40H56N10O5/c1-4-5-13-30(35(43)51)48-38(54)31(14-6-7-21-41)49-36(52)24(3)50(39(55)23(2)47-37(53)29(42)12-9-22-46-40(44)45)32-20-18-27-16-15-25-10-8-11-26-17-19-28(32)34(27)33(25)26/h8,10-11,15-20,23-24,29-31H,4-7,9,12-14,21-22,41-42H2,1-3H3,(H2,43,51)(H,47,53)(H,48,54)(H,49,52)(H4,44,45,46)/t23-,24-,29-,30-,31-/m0/s1. The van der Waals surface area contributed by atoms with E-state index in [1.807, 2.05) is 55.5 Å².